The second-order valence-electron chi connectivity index (χ2n) is 5.55. The van der Waals surface area contributed by atoms with Gasteiger partial charge in [0.05, 0.1) is 5.69 Å². The van der Waals surface area contributed by atoms with Gasteiger partial charge in [-0.2, -0.15) is 0 Å². The van der Waals surface area contributed by atoms with E-state index in [0.717, 1.165) is 28.9 Å². The molecule has 0 aliphatic heterocycles. The average molecular weight is 317 g/mol. The van der Waals surface area contributed by atoms with Gasteiger partial charge in [0.2, 0.25) is 0 Å². The van der Waals surface area contributed by atoms with Gasteiger partial charge in [-0.15, -0.1) is 0 Å². The molecular weight excluding hydrogens is 302 g/mol. The lowest BCUT2D eigenvalue weighted by Gasteiger charge is -2.01. The Hall–Kier alpha value is -3.28. The number of pyridine rings is 2. The number of aryl methyl sites for hydroxylation is 2. The van der Waals surface area contributed by atoms with Crippen molar-refractivity contribution in [2.45, 2.75) is 12.8 Å². The summed E-state index contributed by atoms with van der Waals surface area (Å²) in [5, 5.41) is 3.09. The Kier molecular flexibility index (Phi) is 3.63. The number of fused-ring (bicyclic) bond motifs is 1. The molecule has 0 saturated carbocycles. The highest BCUT2D eigenvalue weighted by molar-refractivity contribution is 5.63. The summed E-state index contributed by atoms with van der Waals surface area (Å²) in [4.78, 5) is 25.0. The maximum Gasteiger partial charge on any atom is 0.272 e. The van der Waals surface area contributed by atoms with E-state index in [4.69, 9.17) is 0 Å². The van der Waals surface area contributed by atoms with Crippen molar-refractivity contribution in [3.63, 3.8) is 0 Å². The van der Waals surface area contributed by atoms with Gasteiger partial charge in [-0.05, 0) is 36.6 Å². The molecule has 0 spiro atoms. The third-order valence-electron chi connectivity index (χ3n) is 3.89. The van der Waals surface area contributed by atoms with Crippen LogP contribution in [0.2, 0.25) is 0 Å². The number of H-pyrrole nitrogens is 1. The second-order valence-corrected chi connectivity index (χ2v) is 5.55. The van der Waals surface area contributed by atoms with Crippen LogP contribution >= 0.6 is 0 Å². The molecule has 0 bridgehead atoms. The minimum absolute atomic E-state index is 0.110. The molecule has 4 heterocycles. The van der Waals surface area contributed by atoms with E-state index in [0.29, 0.717) is 12.1 Å². The molecule has 0 amide bonds. The fourth-order valence-corrected chi connectivity index (χ4v) is 2.67. The van der Waals surface area contributed by atoms with Crippen molar-refractivity contribution < 1.29 is 0 Å². The Labute approximate surface area is 137 Å². The monoisotopic (exact) mass is 317 g/mol. The fraction of sp³-hybridized carbons (Fsp3) is 0.111. The maximum atomic E-state index is 12.3. The van der Waals surface area contributed by atoms with Crippen LogP contribution in [-0.4, -0.2) is 24.6 Å². The second kappa shape index (κ2) is 6.08. The van der Waals surface area contributed by atoms with Crippen LogP contribution < -0.4 is 5.56 Å². The quantitative estimate of drug-likeness (QED) is 0.626. The van der Waals surface area contributed by atoms with Crippen LogP contribution in [0.4, 0.5) is 0 Å². The van der Waals surface area contributed by atoms with Gasteiger partial charge < -0.3 is 0 Å². The van der Waals surface area contributed by atoms with Crippen molar-refractivity contribution in [1.29, 1.82) is 0 Å². The zero-order valence-electron chi connectivity index (χ0n) is 12.9. The first-order valence-electron chi connectivity index (χ1n) is 7.70. The highest BCUT2D eigenvalue weighted by atomic mass is 16.1. The van der Waals surface area contributed by atoms with E-state index < -0.39 is 0 Å². The van der Waals surface area contributed by atoms with Gasteiger partial charge in [0.25, 0.3) is 5.56 Å². The first kappa shape index (κ1) is 14.3. The molecule has 0 fully saturated rings. The van der Waals surface area contributed by atoms with Crippen molar-refractivity contribution in [1.82, 2.24) is 24.6 Å². The van der Waals surface area contributed by atoms with Crippen molar-refractivity contribution >= 4 is 5.65 Å². The number of nitrogens with zero attached hydrogens (tertiary/aromatic N) is 4. The smallest absolute Gasteiger partial charge is 0.272 e. The van der Waals surface area contributed by atoms with Crippen LogP contribution in [0, 0.1) is 0 Å². The highest BCUT2D eigenvalue weighted by Crippen LogP contribution is 2.17. The van der Waals surface area contributed by atoms with Crippen molar-refractivity contribution in [2.24, 2.45) is 0 Å². The van der Waals surface area contributed by atoms with Crippen LogP contribution in [0.3, 0.4) is 0 Å². The maximum absolute atomic E-state index is 12.3. The number of nitrogens with one attached hydrogen (secondary N) is 1. The Bertz CT molecular complexity index is 1020. The van der Waals surface area contributed by atoms with Gasteiger partial charge in [0.15, 0.2) is 5.65 Å². The standard InChI is InChI=1S/C18H15N5O/c24-18-10-15(4-3-13-2-1-7-20-12-13)21-17-11-16(22-23(17)18)14-5-8-19-9-6-14/h1-2,5-12,22H,3-4H2. The van der Waals surface area contributed by atoms with Gasteiger partial charge in [-0.1, -0.05) is 6.07 Å². The zero-order valence-corrected chi connectivity index (χ0v) is 12.9. The SMILES string of the molecule is O=c1cc(CCc2cccnc2)nc2cc(-c3ccncc3)[nH]n12. The van der Waals surface area contributed by atoms with E-state index in [-0.39, 0.29) is 5.56 Å². The number of hydrogen-bond acceptors (Lipinski definition) is 4. The van der Waals surface area contributed by atoms with Crippen LogP contribution in [-0.2, 0) is 12.8 Å². The molecule has 118 valence electrons. The molecule has 0 atom stereocenters. The van der Waals surface area contributed by atoms with Gasteiger partial charge in [0, 0.05) is 48.2 Å². The molecule has 4 aromatic heterocycles. The molecule has 4 aromatic rings. The summed E-state index contributed by atoms with van der Waals surface area (Å²) >= 11 is 0. The zero-order chi connectivity index (χ0) is 16.4. The van der Waals surface area contributed by atoms with Gasteiger partial charge in [-0.3, -0.25) is 19.9 Å². The summed E-state index contributed by atoms with van der Waals surface area (Å²) in [5.41, 5.74) is 4.23. The molecular formula is C18H15N5O. The van der Waals surface area contributed by atoms with Crippen LogP contribution in [0.5, 0.6) is 0 Å². The predicted octanol–water partition coefficient (Wildman–Crippen LogP) is 2.26. The number of hydrogen-bond donors (Lipinski definition) is 1. The molecule has 4 rings (SSSR count). The van der Waals surface area contributed by atoms with E-state index in [1.807, 2.05) is 36.5 Å². The fourth-order valence-electron chi connectivity index (χ4n) is 2.67. The lowest BCUT2D eigenvalue weighted by molar-refractivity contribution is 0.852. The topological polar surface area (TPSA) is 75.9 Å². The normalized spacial score (nSPS) is 11.0. The summed E-state index contributed by atoms with van der Waals surface area (Å²) in [6, 6.07) is 11.2. The summed E-state index contributed by atoms with van der Waals surface area (Å²) < 4.78 is 1.46. The molecule has 6 nitrogen and oxygen atoms in total. The first-order valence-corrected chi connectivity index (χ1v) is 7.70. The molecule has 0 aliphatic rings. The average Bonchev–Trinajstić information content (AvgIpc) is 3.06. The number of aromatic amines is 1. The molecule has 0 aromatic carbocycles. The summed E-state index contributed by atoms with van der Waals surface area (Å²) in [7, 11) is 0. The van der Waals surface area contributed by atoms with E-state index in [9.17, 15) is 4.79 Å². The minimum Gasteiger partial charge on any atom is -0.289 e. The molecule has 0 aliphatic carbocycles. The summed E-state index contributed by atoms with van der Waals surface area (Å²) in [5.74, 6) is 0. The minimum atomic E-state index is -0.110. The van der Waals surface area contributed by atoms with Gasteiger partial charge in [-0.25, -0.2) is 9.50 Å². The summed E-state index contributed by atoms with van der Waals surface area (Å²) in [6.45, 7) is 0. The molecule has 0 saturated heterocycles. The molecule has 1 N–H and O–H groups in total. The number of rotatable bonds is 4. The van der Waals surface area contributed by atoms with Crippen LogP contribution in [0.25, 0.3) is 16.9 Å². The predicted molar refractivity (Wildman–Crippen MR) is 90.7 cm³/mol. The lowest BCUT2D eigenvalue weighted by Crippen LogP contribution is -2.15. The van der Waals surface area contributed by atoms with E-state index >= 15 is 0 Å². The Morgan fingerprint density at radius 2 is 1.88 bits per heavy atom. The van der Waals surface area contributed by atoms with Crippen molar-refractivity contribution in [2.75, 3.05) is 0 Å². The molecule has 0 radical (unpaired) electrons. The first-order chi connectivity index (χ1) is 11.8. The Morgan fingerprint density at radius 3 is 2.67 bits per heavy atom. The van der Waals surface area contributed by atoms with Crippen molar-refractivity contribution in [3.05, 3.63) is 82.8 Å². The van der Waals surface area contributed by atoms with E-state index in [1.165, 1.54) is 4.52 Å². The van der Waals surface area contributed by atoms with Crippen LogP contribution in [0.1, 0.15) is 11.3 Å². The molecule has 24 heavy (non-hydrogen) atoms. The largest absolute Gasteiger partial charge is 0.289 e. The third-order valence-corrected chi connectivity index (χ3v) is 3.89. The molecule has 6 heteroatoms. The highest BCUT2D eigenvalue weighted by Gasteiger charge is 2.08. The number of aromatic nitrogens is 5. The Morgan fingerprint density at radius 1 is 1.00 bits per heavy atom. The van der Waals surface area contributed by atoms with E-state index in [1.54, 1.807) is 24.7 Å². The Balaban J connectivity index is 1.66. The van der Waals surface area contributed by atoms with Crippen molar-refractivity contribution in [3.8, 4) is 11.3 Å². The van der Waals surface area contributed by atoms with Gasteiger partial charge >= 0.3 is 0 Å². The molecule has 0 unspecified atom stereocenters. The van der Waals surface area contributed by atoms with Gasteiger partial charge in [0.1, 0.15) is 0 Å². The third kappa shape index (κ3) is 2.81. The lowest BCUT2D eigenvalue weighted by atomic mass is 10.1. The summed E-state index contributed by atoms with van der Waals surface area (Å²) in [6.07, 6.45) is 8.53. The van der Waals surface area contributed by atoms with Crippen LogP contribution in [0.15, 0.2) is 66.0 Å². The van der Waals surface area contributed by atoms with E-state index in [2.05, 4.69) is 20.1 Å².